The highest BCUT2D eigenvalue weighted by Crippen LogP contribution is 2.37. The van der Waals surface area contributed by atoms with Crippen LogP contribution < -0.4 is 20.7 Å². The van der Waals surface area contributed by atoms with Gasteiger partial charge in [0.15, 0.2) is 8.07 Å². The predicted octanol–water partition coefficient (Wildman–Crippen LogP) is 9.67. The van der Waals surface area contributed by atoms with Crippen LogP contribution in [-0.4, -0.2) is 18.0 Å². The van der Waals surface area contributed by atoms with Gasteiger partial charge in [-0.1, -0.05) is 176 Å². The largest absolute Gasteiger partial charge is 0.354 e. The third kappa shape index (κ3) is 4.63. The summed E-state index contributed by atoms with van der Waals surface area (Å²) in [6.07, 6.45) is 0. The highest BCUT2D eigenvalue weighted by atomic mass is 28.3. The first-order valence-electron chi connectivity index (χ1n) is 17.6. The summed E-state index contributed by atoms with van der Waals surface area (Å²) >= 11 is 0. The zero-order valence-corrected chi connectivity index (χ0v) is 29.0. The van der Waals surface area contributed by atoms with Gasteiger partial charge in [0.05, 0.1) is 11.0 Å². The quantitative estimate of drug-likeness (QED) is 0.131. The van der Waals surface area contributed by atoms with E-state index in [1.807, 2.05) is 0 Å². The lowest BCUT2D eigenvalue weighted by Gasteiger charge is -2.35. The molecule has 0 unspecified atom stereocenters. The monoisotopic (exact) mass is 666 g/mol. The van der Waals surface area contributed by atoms with Crippen molar-refractivity contribution in [2.24, 2.45) is 0 Å². The van der Waals surface area contributed by atoms with E-state index in [-0.39, 0.29) is 0 Å². The molecule has 0 radical (unpaired) electrons. The summed E-state index contributed by atoms with van der Waals surface area (Å²) in [4.78, 5) is 7.62. The molecular formula is C48H34N2Si. The highest BCUT2D eigenvalue weighted by Gasteiger charge is 2.42. The van der Waals surface area contributed by atoms with Crippen molar-refractivity contribution in [1.29, 1.82) is 0 Å². The lowest BCUT2D eigenvalue weighted by Crippen LogP contribution is -2.74. The van der Waals surface area contributed by atoms with Gasteiger partial charge in [0, 0.05) is 43.7 Å². The molecule has 10 aromatic rings. The number of aromatic nitrogens is 2. The number of hydrogen-bond acceptors (Lipinski definition) is 0. The first-order chi connectivity index (χ1) is 25.3. The van der Waals surface area contributed by atoms with E-state index in [2.05, 4.69) is 204 Å². The lowest BCUT2D eigenvalue weighted by atomic mass is 9.96. The average Bonchev–Trinajstić information content (AvgIpc) is 3.78. The SMILES string of the molecule is c1ccc([Si](c2ccccc2)(c2ccccc2)c2cc(-c3cccc4c3[nH]c3ccccc34)cc(-c3cccc4c3[nH]c3ccccc34)c2)cc1. The average molecular weight is 667 g/mol. The molecule has 0 fully saturated rings. The number of benzene rings is 8. The molecule has 0 amide bonds. The topological polar surface area (TPSA) is 31.6 Å². The summed E-state index contributed by atoms with van der Waals surface area (Å²) in [5, 5.41) is 10.4. The number of nitrogens with one attached hydrogen (secondary N) is 2. The fourth-order valence-electron chi connectivity index (χ4n) is 8.45. The fraction of sp³-hybridized carbons (Fsp3) is 0. The molecule has 0 spiro atoms. The maximum absolute atomic E-state index is 3.81. The van der Waals surface area contributed by atoms with Crippen LogP contribution in [0, 0.1) is 0 Å². The molecule has 2 N–H and O–H groups in total. The molecule has 0 aliphatic heterocycles. The van der Waals surface area contributed by atoms with Crippen molar-refractivity contribution in [2.45, 2.75) is 0 Å². The van der Waals surface area contributed by atoms with E-state index in [0.717, 1.165) is 22.1 Å². The molecule has 0 saturated carbocycles. The second-order valence-electron chi connectivity index (χ2n) is 13.4. The van der Waals surface area contributed by atoms with Gasteiger partial charge in [-0.15, -0.1) is 0 Å². The Balaban J connectivity index is 1.35. The van der Waals surface area contributed by atoms with Gasteiger partial charge in [-0.05, 0) is 50.1 Å². The number of para-hydroxylation sites is 4. The summed E-state index contributed by atoms with van der Waals surface area (Å²) in [5.74, 6) is 0. The summed E-state index contributed by atoms with van der Waals surface area (Å²) < 4.78 is 0. The highest BCUT2D eigenvalue weighted by molar-refractivity contribution is 7.20. The minimum Gasteiger partial charge on any atom is -0.354 e. The Bertz CT molecular complexity index is 2620. The smallest absolute Gasteiger partial charge is 0.179 e. The van der Waals surface area contributed by atoms with Crippen molar-refractivity contribution in [3.63, 3.8) is 0 Å². The van der Waals surface area contributed by atoms with Gasteiger partial charge in [-0.3, -0.25) is 0 Å². The van der Waals surface area contributed by atoms with Crippen LogP contribution in [0.25, 0.3) is 65.9 Å². The molecule has 51 heavy (non-hydrogen) atoms. The first kappa shape index (κ1) is 29.5. The second kappa shape index (κ2) is 11.9. The Morgan fingerprint density at radius 1 is 0.294 bits per heavy atom. The van der Waals surface area contributed by atoms with Gasteiger partial charge in [-0.25, -0.2) is 0 Å². The number of rotatable bonds is 6. The van der Waals surface area contributed by atoms with Crippen LogP contribution in [0.2, 0.25) is 0 Å². The first-order valence-corrected chi connectivity index (χ1v) is 19.6. The number of fused-ring (bicyclic) bond motifs is 6. The van der Waals surface area contributed by atoms with Crippen LogP contribution in [0.5, 0.6) is 0 Å². The Morgan fingerprint density at radius 3 is 1.10 bits per heavy atom. The Labute approximate surface area is 297 Å². The molecule has 0 bridgehead atoms. The van der Waals surface area contributed by atoms with Crippen molar-refractivity contribution < 1.29 is 0 Å². The fourth-order valence-corrected chi connectivity index (χ4v) is 13.3. The third-order valence-corrected chi connectivity index (χ3v) is 15.4. The van der Waals surface area contributed by atoms with E-state index in [1.165, 1.54) is 64.5 Å². The number of aromatic amines is 2. The Hall–Kier alpha value is -6.42. The molecule has 0 aliphatic carbocycles. The molecule has 0 atom stereocenters. The summed E-state index contributed by atoms with van der Waals surface area (Å²) in [7, 11) is -2.85. The minimum atomic E-state index is -2.85. The Kier molecular flexibility index (Phi) is 6.86. The summed E-state index contributed by atoms with van der Waals surface area (Å²) in [6, 6.07) is 71.7. The molecular weight excluding hydrogens is 633 g/mol. The predicted molar refractivity (Wildman–Crippen MR) is 220 cm³/mol. The van der Waals surface area contributed by atoms with E-state index < -0.39 is 8.07 Å². The van der Waals surface area contributed by atoms with Crippen molar-refractivity contribution in [2.75, 3.05) is 0 Å². The molecule has 2 aromatic heterocycles. The van der Waals surface area contributed by atoms with E-state index in [1.54, 1.807) is 0 Å². The van der Waals surface area contributed by atoms with Crippen LogP contribution in [-0.2, 0) is 0 Å². The van der Waals surface area contributed by atoms with Crippen molar-refractivity contribution in [1.82, 2.24) is 9.97 Å². The van der Waals surface area contributed by atoms with Crippen molar-refractivity contribution >= 4 is 72.4 Å². The molecule has 10 rings (SSSR count). The van der Waals surface area contributed by atoms with Gasteiger partial charge in [0.25, 0.3) is 0 Å². The number of H-pyrrole nitrogens is 2. The summed E-state index contributed by atoms with van der Waals surface area (Å²) in [6.45, 7) is 0. The van der Waals surface area contributed by atoms with Crippen molar-refractivity contribution in [3.05, 3.63) is 194 Å². The molecule has 2 heterocycles. The van der Waals surface area contributed by atoms with E-state index in [9.17, 15) is 0 Å². The van der Waals surface area contributed by atoms with E-state index in [4.69, 9.17) is 0 Å². The second-order valence-corrected chi connectivity index (χ2v) is 17.3. The standard InChI is InChI=1S/C48H34N2Si/c1-4-16-35(17-5-1)51(36-18-6-2-7-19-36,37-20-8-3-9-21-37)38-31-33(39-24-14-26-43-41-22-10-12-28-45(41)49-47(39)43)30-34(32-38)40-25-15-27-44-42-23-11-13-29-46(42)50-48(40)44/h1-32,49-50H. The normalized spacial score (nSPS) is 11.9. The molecule has 240 valence electrons. The maximum Gasteiger partial charge on any atom is 0.179 e. The lowest BCUT2D eigenvalue weighted by molar-refractivity contribution is 1.52. The Morgan fingerprint density at radius 2 is 0.667 bits per heavy atom. The van der Waals surface area contributed by atoms with Crippen LogP contribution in [0.3, 0.4) is 0 Å². The van der Waals surface area contributed by atoms with Gasteiger partial charge in [-0.2, -0.15) is 0 Å². The zero-order valence-electron chi connectivity index (χ0n) is 28.0. The third-order valence-electron chi connectivity index (χ3n) is 10.7. The molecule has 0 saturated heterocycles. The number of hydrogen-bond donors (Lipinski definition) is 2. The minimum absolute atomic E-state index is 1.15. The van der Waals surface area contributed by atoms with Crippen LogP contribution >= 0.6 is 0 Å². The molecule has 2 nitrogen and oxygen atoms in total. The van der Waals surface area contributed by atoms with E-state index >= 15 is 0 Å². The summed E-state index contributed by atoms with van der Waals surface area (Å²) in [5.41, 5.74) is 9.44. The van der Waals surface area contributed by atoms with Gasteiger partial charge in [0.2, 0.25) is 0 Å². The van der Waals surface area contributed by atoms with Crippen LogP contribution in [0.4, 0.5) is 0 Å². The van der Waals surface area contributed by atoms with Gasteiger partial charge >= 0.3 is 0 Å². The molecule has 0 aliphatic rings. The van der Waals surface area contributed by atoms with E-state index in [0.29, 0.717) is 0 Å². The van der Waals surface area contributed by atoms with Gasteiger partial charge < -0.3 is 9.97 Å². The molecule has 8 aromatic carbocycles. The van der Waals surface area contributed by atoms with Crippen molar-refractivity contribution in [3.8, 4) is 22.3 Å². The van der Waals surface area contributed by atoms with Crippen LogP contribution in [0.15, 0.2) is 194 Å². The van der Waals surface area contributed by atoms with Gasteiger partial charge in [0.1, 0.15) is 0 Å². The van der Waals surface area contributed by atoms with Crippen LogP contribution in [0.1, 0.15) is 0 Å². The zero-order chi connectivity index (χ0) is 33.8. The molecule has 3 heteroatoms. The maximum atomic E-state index is 3.81.